The highest BCUT2D eigenvalue weighted by atomic mass is 16.6. The van der Waals surface area contributed by atoms with Gasteiger partial charge in [-0.1, -0.05) is 39.8 Å². The van der Waals surface area contributed by atoms with Gasteiger partial charge in [-0.05, 0) is 112 Å². The highest BCUT2D eigenvalue weighted by Crippen LogP contribution is 2.27. The summed E-state index contributed by atoms with van der Waals surface area (Å²) in [7, 11) is 0. The zero-order chi connectivity index (χ0) is 46.2. The zero-order valence-electron chi connectivity index (χ0n) is 38.5. The van der Waals surface area contributed by atoms with Crippen LogP contribution >= 0.6 is 0 Å². The van der Waals surface area contributed by atoms with Crippen LogP contribution in [-0.2, 0) is 38.2 Å². The molecule has 1 aliphatic heterocycles. The van der Waals surface area contributed by atoms with Gasteiger partial charge in [0.2, 0.25) is 23.6 Å². The van der Waals surface area contributed by atoms with Crippen molar-refractivity contribution in [3.63, 3.8) is 0 Å². The molecule has 0 aromatic carbocycles. The number of Topliss-reactive ketones (excluding diaryl/α,β-unsaturated/α-hetero) is 2. The Morgan fingerprint density at radius 1 is 0.820 bits per heavy atom. The molecular weight excluding hydrogens is 785 g/mol. The van der Waals surface area contributed by atoms with Crippen molar-refractivity contribution in [1.29, 1.82) is 0 Å². The third-order valence-corrected chi connectivity index (χ3v) is 10.3. The molecule has 0 aromatic rings. The minimum Gasteiger partial charge on any atom is -0.450 e. The van der Waals surface area contributed by atoms with Gasteiger partial charge in [-0.3, -0.25) is 28.8 Å². The Morgan fingerprint density at radius 3 is 2.08 bits per heavy atom. The van der Waals surface area contributed by atoms with E-state index in [1.807, 2.05) is 13.8 Å². The van der Waals surface area contributed by atoms with Gasteiger partial charge in [0.25, 0.3) is 0 Å². The van der Waals surface area contributed by atoms with E-state index < -0.39 is 53.6 Å². The van der Waals surface area contributed by atoms with Gasteiger partial charge in [0.15, 0.2) is 11.6 Å². The van der Waals surface area contributed by atoms with Gasteiger partial charge in [-0.25, -0.2) is 9.59 Å². The van der Waals surface area contributed by atoms with E-state index >= 15 is 0 Å². The van der Waals surface area contributed by atoms with Crippen LogP contribution in [0, 0.1) is 11.8 Å². The van der Waals surface area contributed by atoms with Crippen LogP contribution in [0.1, 0.15) is 134 Å². The smallest absolute Gasteiger partial charge is 0.408 e. The van der Waals surface area contributed by atoms with Crippen molar-refractivity contribution in [3.8, 4) is 0 Å². The van der Waals surface area contributed by atoms with Crippen molar-refractivity contribution < 1.29 is 47.8 Å². The lowest BCUT2D eigenvalue weighted by Crippen LogP contribution is -2.58. The second-order valence-electron chi connectivity index (χ2n) is 18.0. The van der Waals surface area contributed by atoms with Crippen molar-refractivity contribution >= 4 is 47.4 Å². The van der Waals surface area contributed by atoms with Crippen molar-refractivity contribution in [3.05, 3.63) is 34.4 Å². The normalized spacial score (nSPS) is 17.5. The number of nitrogens with zero attached hydrogens (tertiary/aromatic N) is 1. The molecule has 16 heteroatoms. The molecular formula is C45H72N6O10. The number of ketones is 2. The van der Waals surface area contributed by atoms with Crippen LogP contribution in [0.5, 0.6) is 0 Å². The van der Waals surface area contributed by atoms with E-state index in [0.29, 0.717) is 67.4 Å². The third-order valence-electron chi connectivity index (χ3n) is 10.3. The van der Waals surface area contributed by atoms with Crippen LogP contribution < -0.4 is 26.6 Å². The number of likely N-dealkylation sites (tertiary alicyclic amines) is 1. The van der Waals surface area contributed by atoms with Gasteiger partial charge in [0.1, 0.15) is 23.7 Å². The molecule has 6 amide bonds. The number of ether oxygens (including phenoxy) is 2. The van der Waals surface area contributed by atoms with Crippen LogP contribution in [0.15, 0.2) is 34.4 Å². The lowest BCUT2D eigenvalue weighted by atomic mass is 9.84. The Hall–Kier alpha value is -5.02. The maximum Gasteiger partial charge on any atom is 0.408 e. The number of carbonyl (C=O) groups is 8. The number of alkyl carbamates (subject to hydrolysis) is 2. The minimum atomic E-state index is -1.01. The van der Waals surface area contributed by atoms with Crippen molar-refractivity contribution in [2.45, 2.75) is 170 Å². The molecule has 0 aromatic heterocycles. The first-order chi connectivity index (χ1) is 28.4. The van der Waals surface area contributed by atoms with Crippen LogP contribution in [0.4, 0.5) is 9.59 Å². The number of amides is 6. The first kappa shape index (κ1) is 52.1. The summed E-state index contributed by atoms with van der Waals surface area (Å²) in [6.07, 6.45) is 5.05. The summed E-state index contributed by atoms with van der Waals surface area (Å²) < 4.78 is 10.7. The Labute approximate surface area is 362 Å². The van der Waals surface area contributed by atoms with Gasteiger partial charge in [-0.2, -0.15) is 0 Å². The topological polar surface area (TPSA) is 218 Å². The van der Waals surface area contributed by atoms with Gasteiger partial charge in [-0.15, -0.1) is 0 Å². The third kappa shape index (κ3) is 17.5. The predicted molar refractivity (Wildman–Crippen MR) is 232 cm³/mol. The molecule has 0 unspecified atom stereocenters. The Bertz CT molecular complexity index is 1710. The molecule has 16 nitrogen and oxygen atoms in total. The lowest BCUT2D eigenvalue weighted by molar-refractivity contribution is -0.139. The number of hydrogen-bond donors (Lipinski definition) is 5. The Balaban J connectivity index is 1.97. The number of nitrogens with one attached hydrogen (secondary N) is 5. The Kier molecular flexibility index (Phi) is 20.9. The van der Waals surface area contributed by atoms with Crippen molar-refractivity contribution in [1.82, 2.24) is 31.5 Å². The number of rotatable bonds is 21. The second-order valence-corrected chi connectivity index (χ2v) is 18.0. The summed E-state index contributed by atoms with van der Waals surface area (Å²) in [5, 5.41) is 13.9. The van der Waals surface area contributed by atoms with E-state index in [4.69, 9.17) is 9.47 Å². The van der Waals surface area contributed by atoms with Crippen molar-refractivity contribution in [2.75, 3.05) is 19.7 Å². The van der Waals surface area contributed by atoms with Gasteiger partial charge >= 0.3 is 12.2 Å². The van der Waals surface area contributed by atoms with E-state index in [1.54, 1.807) is 81.4 Å². The van der Waals surface area contributed by atoms with Crippen LogP contribution in [-0.4, -0.2) is 108 Å². The van der Waals surface area contributed by atoms with Gasteiger partial charge in [0, 0.05) is 47.8 Å². The summed E-state index contributed by atoms with van der Waals surface area (Å²) in [5.74, 6) is -2.12. The first-order valence-electron chi connectivity index (χ1n) is 21.7. The summed E-state index contributed by atoms with van der Waals surface area (Å²) in [6.45, 7) is 22.0. The van der Waals surface area contributed by atoms with Gasteiger partial charge < -0.3 is 41.0 Å². The molecule has 5 N–H and O–H groups in total. The largest absolute Gasteiger partial charge is 0.450 e. The molecule has 2 aliphatic rings. The van der Waals surface area contributed by atoms with E-state index in [2.05, 4.69) is 26.6 Å². The summed E-state index contributed by atoms with van der Waals surface area (Å²) in [6, 6.07) is -3.32. The molecule has 0 spiro atoms. The standard InChI is InChI=1S/C45H72N6O10/c1-26(2)25-32(48-44(59)61-45(10,11)12)17-13-21-36(52)51-23-15-20-35(51)41(56)50-37(27(3)4)42(57)49-34(40(55)47-28(5)6)19-14-22-46-43(58)60-24-16-18-33-31(9)38(53)29(7)30(8)39(33)54/h13,17,26-28,32,34-35,37H,14-16,18-25H2,1-12H3,(H,46,58)(H,47,55)(H,48,59)(H,49,57)(H,50,56)/b17-13+/t32-,34+,35+,37+/m1/s1. The average Bonchev–Trinajstić information content (AvgIpc) is 3.65. The maximum atomic E-state index is 13.7. The zero-order valence-corrected chi connectivity index (χ0v) is 38.5. The van der Waals surface area contributed by atoms with E-state index in [-0.39, 0.29) is 67.4 Å². The van der Waals surface area contributed by atoms with E-state index in [9.17, 15) is 38.4 Å². The summed E-state index contributed by atoms with van der Waals surface area (Å²) in [4.78, 5) is 105. The molecule has 1 saturated heterocycles. The quantitative estimate of drug-likeness (QED) is 0.0584. The molecule has 0 radical (unpaired) electrons. The molecule has 342 valence electrons. The van der Waals surface area contributed by atoms with E-state index in [0.717, 1.165) is 0 Å². The highest BCUT2D eigenvalue weighted by Gasteiger charge is 2.37. The molecule has 0 saturated carbocycles. The number of carbonyl (C=O) groups excluding carboxylic acids is 8. The first-order valence-corrected chi connectivity index (χ1v) is 21.7. The van der Waals surface area contributed by atoms with Crippen molar-refractivity contribution in [2.24, 2.45) is 11.8 Å². The maximum absolute atomic E-state index is 13.7. The summed E-state index contributed by atoms with van der Waals surface area (Å²) in [5.41, 5.74) is 1.07. The van der Waals surface area contributed by atoms with Crippen LogP contribution in [0.25, 0.3) is 0 Å². The Morgan fingerprint density at radius 2 is 1.48 bits per heavy atom. The fourth-order valence-corrected chi connectivity index (χ4v) is 7.06. The minimum absolute atomic E-state index is 0.0166. The van der Waals surface area contributed by atoms with E-state index in [1.165, 1.54) is 4.90 Å². The second kappa shape index (κ2) is 24.4. The fraction of sp³-hybridized carbons (Fsp3) is 0.689. The van der Waals surface area contributed by atoms with Crippen LogP contribution in [0.3, 0.4) is 0 Å². The molecule has 1 fully saturated rings. The monoisotopic (exact) mass is 857 g/mol. The molecule has 2 rings (SSSR count). The number of hydrogen-bond acceptors (Lipinski definition) is 10. The van der Waals surface area contributed by atoms with Crippen LogP contribution in [0.2, 0.25) is 0 Å². The molecule has 1 aliphatic carbocycles. The van der Waals surface area contributed by atoms with Gasteiger partial charge in [0.05, 0.1) is 12.6 Å². The molecule has 4 atom stereocenters. The molecule has 1 heterocycles. The SMILES string of the molecule is CC1=C(C)C(=O)C(CCCOC(=O)NCCC[C@H](NC(=O)[C@@H](NC(=O)[C@@H]2CCCN2C(=O)C/C=C/[C@H](CC(C)C)NC(=O)OC(C)(C)C)C(C)C)C(=O)NC(C)C)=C(C)C1=O. The average molecular weight is 857 g/mol. The predicted octanol–water partition coefficient (Wildman–Crippen LogP) is 5.10. The fourth-order valence-electron chi connectivity index (χ4n) is 7.06. The molecule has 61 heavy (non-hydrogen) atoms. The molecule has 0 bridgehead atoms. The lowest BCUT2D eigenvalue weighted by Gasteiger charge is -2.29. The highest BCUT2D eigenvalue weighted by molar-refractivity contribution is 6.24. The summed E-state index contributed by atoms with van der Waals surface area (Å²) >= 11 is 0. The number of allylic oxidation sites excluding steroid dienone is 4.